The van der Waals surface area contributed by atoms with E-state index in [-0.39, 0.29) is 0 Å². The molecule has 0 radical (unpaired) electrons. The van der Waals surface area contributed by atoms with Crippen LogP contribution < -0.4 is 5.73 Å². The highest BCUT2D eigenvalue weighted by Gasteiger charge is 2.11. The van der Waals surface area contributed by atoms with E-state index in [9.17, 15) is 8.42 Å². The molecule has 0 spiro atoms. The van der Waals surface area contributed by atoms with Crippen LogP contribution in [-0.4, -0.2) is 32.9 Å². The van der Waals surface area contributed by atoms with Gasteiger partial charge in [-0.1, -0.05) is 6.58 Å². The van der Waals surface area contributed by atoms with E-state index in [1.54, 1.807) is 0 Å². The Morgan fingerprint density at radius 3 is 2.55 bits per heavy atom. The average Bonchev–Trinajstić information content (AvgIpc) is 2.00. The van der Waals surface area contributed by atoms with Crippen molar-refractivity contribution < 1.29 is 8.42 Å². The summed E-state index contributed by atoms with van der Waals surface area (Å²) in [5.74, 6) is 0. The summed E-state index contributed by atoms with van der Waals surface area (Å²) < 4.78 is 23.2. The van der Waals surface area contributed by atoms with E-state index in [0.29, 0.717) is 19.5 Å². The minimum absolute atomic E-state index is 0.449. The molecule has 0 aromatic heterocycles. The van der Waals surface area contributed by atoms with Crippen LogP contribution in [0.25, 0.3) is 0 Å². The van der Waals surface area contributed by atoms with Crippen LogP contribution in [-0.2, 0) is 10.0 Å². The van der Waals surface area contributed by atoms with Gasteiger partial charge in [0.05, 0.1) is 0 Å². The van der Waals surface area contributed by atoms with Crippen molar-refractivity contribution in [2.75, 3.05) is 20.1 Å². The van der Waals surface area contributed by atoms with Crippen LogP contribution in [0.5, 0.6) is 0 Å². The van der Waals surface area contributed by atoms with Gasteiger partial charge in [0.1, 0.15) is 0 Å². The molecule has 2 N–H and O–H groups in total. The van der Waals surface area contributed by atoms with E-state index in [1.807, 2.05) is 0 Å². The van der Waals surface area contributed by atoms with Gasteiger partial charge in [0, 0.05) is 19.0 Å². The minimum atomic E-state index is -3.23. The molecule has 0 aliphatic rings. The summed E-state index contributed by atoms with van der Waals surface area (Å²) in [5.41, 5.74) is 5.21. The first-order valence-electron chi connectivity index (χ1n) is 3.33. The molecule has 11 heavy (non-hydrogen) atoms. The first kappa shape index (κ1) is 10.6. The molecule has 0 aliphatic heterocycles. The molecule has 0 atom stereocenters. The third-order valence-corrected chi connectivity index (χ3v) is 2.79. The summed E-state index contributed by atoms with van der Waals surface area (Å²) in [4.78, 5) is 0. The number of nitrogens with zero attached hydrogens (tertiary/aromatic N) is 1. The van der Waals surface area contributed by atoms with Crippen LogP contribution in [0.15, 0.2) is 12.0 Å². The lowest BCUT2D eigenvalue weighted by atomic mass is 10.4. The van der Waals surface area contributed by atoms with E-state index in [4.69, 9.17) is 5.73 Å². The highest BCUT2D eigenvalue weighted by molar-refractivity contribution is 7.91. The molecule has 5 heteroatoms. The van der Waals surface area contributed by atoms with Gasteiger partial charge in [0.2, 0.25) is 10.0 Å². The predicted molar refractivity (Wildman–Crippen MR) is 45.4 cm³/mol. The molecule has 0 heterocycles. The van der Waals surface area contributed by atoms with E-state index < -0.39 is 10.0 Å². The van der Waals surface area contributed by atoms with Gasteiger partial charge >= 0.3 is 0 Å². The maximum atomic E-state index is 11.0. The predicted octanol–water partition coefficient (Wildman–Crippen LogP) is -0.260. The Balaban J connectivity index is 4.03. The third-order valence-electron chi connectivity index (χ3n) is 1.32. The number of hydrogen-bond donors (Lipinski definition) is 1. The number of nitrogens with two attached hydrogens (primary N) is 1. The van der Waals surface area contributed by atoms with Gasteiger partial charge in [-0.25, -0.2) is 12.7 Å². The summed E-state index contributed by atoms with van der Waals surface area (Å²) in [5, 5.41) is 0.934. The second kappa shape index (κ2) is 4.48. The van der Waals surface area contributed by atoms with Gasteiger partial charge < -0.3 is 5.73 Å². The van der Waals surface area contributed by atoms with Crippen LogP contribution in [0, 0.1) is 0 Å². The topological polar surface area (TPSA) is 63.4 Å². The average molecular weight is 178 g/mol. The van der Waals surface area contributed by atoms with Gasteiger partial charge in [0.15, 0.2) is 0 Å². The second-order valence-corrected chi connectivity index (χ2v) is 4.16. The highest BCUT2D eigenvalue weighted by atomic mass is 32.2. The van der Waals surface area contributed by atoms with Crippen LogP contribution in [0.4, 0.5) is 0 Å². The van der Waals surface area contributed by atoms with Crippen molar-refractivity contribution in [1.82, 2.24) is 4.31 Å². The van der Waals surface area contributed by atoms with Crippen LogP contribution >= 0.6 is 0 Å². The van der Waals surface area contributed by atoms with Gasteiger partial charge in [-0.2, -0.15) is 0 Å². The molecule has 0 unspecified atom stereocenters. The zero-order chi connectivity index (χ0) is 8.91. The molecule has 0 bridgehead atoms. The monoisotopic (exact) mass is 178 g/mol. The first-order valence-corrected chi connectivity index (χ1v) is 4.83. The summed E-state index contributed by atoms with van der Waals surface area (Å²) in [6.07, 6.45) is 0.670. The van der Waals surface area contributed by atoms with Crippen molar-refractivity contribution in [2.24, 2.45) is 5.73 Å². The molecule has 0 aromatic rings. The van der Waals surface area contributed by atoms with Crippen molar-refractivity contribution in [3.8, 4) is 0 Å². The van der Waals surface area contributed by atoms with Crippen molar-refractivity contribution in [3.05, 3.63) is 12.0 Å². The van der Waals surface area contributed by atoms with Crippen molar-refractivity contribution in [3.63, 3.8) is 0 Å². The van der Waals surface area contributed by atoms with Crippen LogP contribution in [0.3, 0.4) is 0 Å². The Morgan fingerprint density at radius 2 is 2.18 bits per heavy atom. The molecule has 0 saturated heterocycles. The quantitative estimate of drug-likeness (QED) is 0.631. The molecule has 0 aliphatic carbocycles. The molecular weight excluding hydrogens is 164 g/mol. The van der Waals surface area contributed by atoms with Crippen molar-refractivity contribution >= 4 is 10.0 Å². The van der Waals surface area contributed by atoms with Gasteiger partial charge in [-0.15, -0.1) is 0 Å². The lowest BCUT2D eigenvalue weighted by molar-refractivity contribution is 0.471. The second-order valence-electron chi connectivity index (χ2n) is 2.18. The van der Waals surface area contributed by atoms with Crippen molar-refractivity contribution in [1.29, 1.82) is 0 Å². The summed E-state index contributed by atoms with van der Waals surface area (Å²) >= 11 is 0. The lowest BCUT2D eigenvalue weighted by Crippen LogP contribution is -2.27. The Bertz CT molecular complexity index is 211. The molecule has 0 amide bonds. The smallest absolute Gasteiger partial charge is 0.235 e. The van der Waals surface area contributed by atoms with E-state index in [2.05, 4.69) is 6.58 Å². The van der Waals surface area contributed by atoms with Crippen LogP contribution in [0.1, 0.15) is 6.42 Å². The number of sulfonamides is 1. The fraction of sp³-hybridized carbons (Fsp3) is 0.667. The maximum Gasteiger partial charge on any atom is 0.235 e. The standard InChI is InChI=1S/C6H14N2O2S/c1-3-11(9,10)8(2)6-4-5-7/h3H,1,4-7H2,2H3. The van der Waals surface area contributed by atoms with E-state index >= 15 is 0 Å². The third kappa shape index (κ3) is 3.50. The molecule has 0 fully saturated rings. The normalized spacial score (nSPS) is 11.9. The van der Waals surface area contributed by atoms with E-state index in [1.165, 1.54) is 11.4 Å². The summed E-state index contributed by atoms with van der Waals surface area (Å²) in [6.45, 7) is 4.15. The molecule has 0 aromatic carbocycles. The number of hydrogen-bond acceptors (Lipinski definition) is 3. The molecule has 0 rings (SSSR count). The Morgan fingerprint density at radius 1 is 1.64 bits per heavy atom. The van der Waals surface area contributed by atoms with Gasteiger partial charge in [-0.3, -0.25) is 0 Å². The van der Waals surface area contributed by atoms with Crippen molar-refractivity contribution in [2.45, 2.75) is 6.42 Å². The lowest BCUT2D eigenvalue weighted by Gasteiger charge is -2.12. The van der Waals surface area contributed by atoms with Gasteiger partial charge in [0.25, 0.3) is 0 Å². The zero-order valence-corrected chi connectivity index (χ0v) is 7.47. The number of rotatable bonds is 5. The molecule has 66 valence electrons. The maximum absolute atomic E-state index is 11.0. The Kier molecular flexibility index (Phi) is 4.32. The molecular formula is C6H14N2O2S. The summed E-state index contributed by atoms with van der Waals surface area (Å²) in [6, 6.07) is 0. The SMILES string of the molecule is C=CS(=O)(=O)N(C)CCCN. The Hall–Kier alpha value is -0.390. The highest BCUT2D eigenvalue weighted by Crippen LogP contribution is 1.98. The van der Waals surface area contributed by atoms with E-state index in [0.717, 1.165) is 5.41 Å². The fourth-order valence-electron chi connectivity index (χ4n) is 0.568. The first-order chi connectivity index (χ1) is 5.04. The largest absolute Gasteiger partial charge is 0.330 e. The van der Waals surface area contributed by atoms with Gasteiger partial charge in [-0.05, 0) is 13.0 Å². The summed E-state index contributed by atoms with van der Waals surface area (Å²) in [7, 11) is -1.72. The zero-order valence-electron chi connectivity index (χ0n) is 6.66. The van der Waals surface area contributed by atoms with Crippen LogP contribution in [0.2, 0.25) is 0 Å². The molecule has 4 nitrogen and oxygen atoms in total. The fourth-order valence-corrected chi connectivity index (χ4v) is 1.21. The Labute approximate surface area is 67.7 Å². The minimum Gasteiger partial charge on any atom is -0.330 e. The molecule has 0 saturated carbocycles.